The van der Waals surface area contributed by atoms with Crippen LogP contribution in [0.15, 0.2) is 46.9 Å². The predicted octanol–water partition coefficient (Wildman–Crippen LogP) is 4.63. The number of benzene rings is 2. The Morgan fingerprint density at radius 2 is 1.79 bits per heavy atom. The summed E-state index contributed by atoms with van der Waals surface area (Å²) < 4.78 is 1.15. The number of aryl methyl sites for hydroxylation is 2. The van der Waals surface area contributed by atoms with Crippen molar-refractivity contribution in [3.8, 4) is 0 Å². The van der Waals surface area contributed by atoms with Crippen molar-refractivity contribution in [2.75, 3.05) is 7.05 Å². The molecule has 19 heavy (non-hydrogen) atoms. The number of hydrogen-bond acceptors (Lipinski definition) is 1. The van der Waals surface area contributed by atoms with Crippen LogP contribution in [0, 0.1) is 6.92 Å². The minimum atomic E-state index is 0.222. The Bertz CT molecular complexity index is 546. The molecule has 1 nitrogen and oxygen atoms in total. The number of hydrogen-bond donors (Lipinski definition) is 1. The summed E-state index contributed by atoms with van der Waals surface area (Å²) >= 11 is 3.66. The molecule has 2 aromatic rings. The van der Waals surface area contributed by atoms with Crippen LogP contribution in [0.3, 0.4) is 0 Å². The Morgan fingerprint density at radius 1 is 1.11 bits per heavy atom. The second-order valence-corrected chi connectivity index (χ2v) is 5.70. The molecule has 1 atom stereocenters. The van der Waals surface area contributed by atoms with E-state index in [1.807, 2.05) is 7.05 Å². The highest BCUT2D eigenvalue weighted by Gasteiger charge is 2.14. The summed E-state index contributed by atoms with van der Waals surface area (Å²) in [6, 6.07) is 15.6. The fraction of sp³-hybridized carbons (Fsp3) is 0.294. The normalized spacial score (nSPS) is 12.4. The third-order valence-corrected chi connectivity index (χ3v) is 4.19. The summed E-state index contributed by atoms with van der Waals surface area (Å²) in [5.74, 6) is 0. The quantitative estimate of drug-likeness (QED) is 0.867. The van der Waals surface area contributed by atoms with Crippen molar-refractivity contribution in [2.24, 2.45) is 0 Å². The van der Waals surface area contributed by atoms with Gasteiger partial charge in [0, 0.05) is 4.47 Å². The molecule has 0 saturated carbocycles. The average molecular weight is 318 g/mol. The van der Waals surface area contributed by atoms with Gasteiger partial charge in [-0.15, -0.1) is 0 Å². The maximum atomic E-state index is 3.66. The van der Waals surface area contributed by atoms with Gasteiger partial charge in [-0.1, -0.05) is 64.8 Å². The zero-order valence-electron chi connectivity index (χ0n) is 11.7. The van der Waals surface area contributed by atoms with Crippen LogP contribution in [0.5, 0.6) is 0 Å². The third kappa shape index (κ3) is 3.26. The van der Waals surface area contributed by atoms with Crippen LogP contribution in [0.4, 0.5) is 0 Å². The largest absolute Gasteiger partial charge is 0.309 e. The van der Waals surface area contributed by atoms with Crippen molar-refractivity contribution >= 4 is 15.9 Å². The molecule has 2 aromatic carbocycles. The summed E-state index contributed by atoms with van der Waals surface area (Å²) in [4.78, 5) is 0. The van der Waals surface area contributed by atoms with Gasteiger partial charge >= 0.3 is 0 Å². The predicted molar refractivity (Wildman–Crippen MR) is 85.6 cm³/mol. The van der Waals surface area contributed by atoms with Gasteiger partial charge < -0.3 is 5.32 Å². The van der Waals surface area contributed by atoms with E-state index >= 15 is 0 Å². The molecule has 0 spiro atoms. The Hall–Kier alpha value is -1.12. The number of halogens is 1. The van der Waals surface area contributed by atoms with Crippen LogP contribution >= 0.6 is 15.9 Å². The first kappa shape index (κ1) is 14.3. The van der Waals surface area contributed by atoms with Crippen LogP contribution in [0.1, 0.15) is 35.2 Å². The third-order valence-electron chi connectivity index (χ3n) is 3.47. The Labute approximate surface area is 124 Å². The molecule has 0 aliphatic rings. The van der Waals surface area contributed by atoms with Crippen molar-refractivity contribution in [3.63, 3.8) is 0 Å². The highest BCUT2D eigenvalue weighted by molar-refractivity contribution is 9.10. The Morgan fingerprint density at radius 3 is 2.37 bits per heavy atom. The van der Waals surface area contributed by atoms with Crippen LogP contribution in [0.2, 0.25) is 0 Å². The molecule has 0 amide bonds. The zero-order valence-corrected chi connectivity index (χ0v) is 13.3. The van der Waals surface area contributed by atoms with Crippen molar-refractivity contribution < 1.29 is 0 Å². The van der Waals surface area contributed by atoms with Crippen LogP contribution in [0.25, 0.3) is 0 Å². The molecule has 0 radical (unpaired) electrons. The first-order valence-corrected chi connectivity index (χ1v) is 7.47. The van der Waals surface area contributed by atoms with E-state index in [-0.39, 0.29) is 6.04 Å². The molecule has 0 saturated heterocycles. The smallest absolute Gasteiger partial charge is 0.0585 e. The maximum Gasteiger partial charge on any atom is 0.0585 e. The van der Waals surface area contributed by atoms with Crippen molar-refractivity contribution in [3.05, 3.63) is 69.2 Å². The van der Waals surface area contributed by atoms with Gasteiger partial charge in [0.2, 0.25) is 0 Å². The van der Waals surface area contributed by atoms with E-state index in [0.717, 1.165) is 10.9 Å². The molecule has 1 unspecified atom stereocenters. The van der Waals surface area contributed by atoms with E-state index in [0.29, 0.717) is 0 Å². The van der Waals surface area contributed by atoms with Crippen molar-refractivity contribution in [2.45, 2.75) is 26.3 Å². The molecule has 2 heteroatoms. The van der Waals surface area contributed by atoms with Gasteiger partial charge in [-0.3, -0.25) is 0 Å². The van der Waals surface area contributed by atoms with E-state index in [4.69, 9.17) is 0 Å². The summed E-state index contributed by atoms with van der Waals surface area (Å²) in [6.45, 7) is 4.31. The SMILES string of the molecule is CCc1ccc(C(NC)c2cc(C)ccc2Br)cc1. The van der Waals surface area contributed by atoms with Gasteiger partial charge in [0.05, 0.1) is 6.04 Å². The van der Waals surface area contributed by atoms with Gasteiger partial charge in [-0.25, -0.2) is 0 Å². The Kier molecular flexibility index (Phi) is 4.78. The van der Waals surface area contributed by atoms with E-state index in [9.17, 15) is 0 Å². The lowest BCUT2D eigenvalue weighted by molar-refractivity contribution is 0.688. The molecule has 0 fully saturated rings. The molecule has 0 bridgehead atoms. The van der Waals surface area contributed by atoms with Crippen LogP contribution in [-0.2, 0) is 6.42 Å². The molecular weight excluding hydrogens is 298 g/mol. The van der Waals surface area contributed by atoms with E-state index in [2.05, 4.69) is 77.6 Å². The topological polar surface area (TPSA) is 12.0 Å². The molecule has 2 rings (SSSR count). The second kappa shape index (κ2) is 6.36. The van der Waals surface area contributed by atoms with E-state index in [1.54, 1.807) is 0 Å². The van der Waals surface area contributed by atoms with Gasteiger partial charge in [0.1, 0.15) is 0 Å². The first-order chi connectivity index (χ1) is 9.15. The number of rotatable bonds is 4. The Balaban J connectivity index is 2.40. The highest BCUT2D eigenvalue weighted by Crippen LogP contribution is 2.29. The lowest BCUT2D eigenvalue weighted by Gasteiger charge is -2.19. The summed E-state index contributed by atoms with van der Waals surface area (Å²) in [7, 11) is 2.01. The average Bonchev–Trinajstić information content (AvgIpc) is 2.44. The summed E-state index contributed by atoms with van der Waals surface area (Å²) in [6.07, 6.45) is 1.08. The summed E-state index contributed by atoms with van der Waals surface area (Å²) in [5, 5.41) is 3.41. The fourth-order valence-electron chi connectivity index (χ4n) is 2.33. The highest BCUT2D eigenvalue weighted by atomic mass is 79.9. The van der Waals surface area contributed by atoms with Crippen molar-refractivity contribution in [1.29, 1.82) is 0 Å². The second-order valence-electron chi connectivity index (χ2n) is 4.84. The summed E-state index contributed by atoms with van der Waals surface area (Å²) in [5.41, 5.74) is 5.24. The van der Waals surface area contributed by atoms with E-state index in [1.165, 1.54) is 22.3 Å². The minimum Gasteiger partial charge on any atom is -0.309 e. The van der Waals surface area contributed by atoms with Gasteiger partial charge in [0.25, 0.3) is 0 Å². The lowest BCUT2D eigenvalue weighted by atomic mass is 9.96. The van der Waals surface area contributed by atoms with Gasteiger partial charge in [0.15, 0.2) is 0 Å². The minimum absolute atomic E-state index is 0.222. The monoisotopic (exact) mass is 317 g/mol. The standard InChI is InChI=1S/C17H20BrN/c1-4-13-6-8-14(9-7-13)17(19-3)15-11-12(2)5-10-16(15)18/h5-11,17,19H,4H2,1-3H3. The number of nitrogens with one attached hydrogen (secondary N) is 1. The van der Waals surface area contributed by atoms with Crippen LogP contribution < -0.4 is 5.32 Å². The molecule has 0 aliphatic carbocycles. The molecule has 0 heterocycles. The molecule has 1 N–H and O–H groups in total. The first-order valence-electron chi connectivity index (χ1n) is 6.68. The molecule has 100 valence electrons. The molecular formula is C17H20BrN. The maximum absolute atomic E-state index is 3.66. The molecule has 0 aliphatic heterocycles. The van der Waals surface area contributed by atoms with Gasteiger partial charge in [-0.2, -0.15) is 0 Å². The van der Waals surface area contributed by atoms with E-state index < -0.39 is 0 Å². The van der Waals surface area contributed by atoms with Crippen molar-refractivity contribution in [1.82, 2.24) is 5.32 Å². The fourth-order valence-corrected chi connectivity index (χ4v) is 2.81. The van der Waals surface area contributed by atoms with Gasteiger partial charge in [-0.05, 0) is 43.1 Å². The molecule has 0 aromatic heterocycles. The van der Waals surface area contributed by atoms with Crippen LogP contribution in [-0.4, -0.2) is 7.05 Å². The lowest BCUT2D eigenvalue weighted by Crippen LogP contribution is -2.18. The zero-order chi connectivity index (χ0) is 13.8.